The van der Waals surface area contributed by atoms with Crippen molar-refractivity contribution >= 4 is 11.9 Å². The maximum atomic E-state index is 11.1. The van der Waals surface area contributed by atoms with Gasteiger partial charge in [-0.15, -0.1) is 20.4 Å². The molecule has 0 bridgehead atoms. The molecule has 0 spiro atoms. The Morgan fingerprint density at radius 1 is 0.933 bits per heavy atom. The molecule has 2 N–H and O–H groups in total. The lowest BCUT2D eigenvalue weighted by molar-refractivity contribution is 0.0380. The number of carbonyl (C=O) groups excluding carboxylic acids is 2. The third-order valence-corrected chi connectivity index (χ3v) is 1.24. The number of hydrogen-bond acceptors (Lipinski definition) is 9. The zero-order valence-corrected chi connectivity index (χ0v) is 6.91. The summed E-state index contributed by atoms with van der Waals surface area (Å²) in [5.74, 6) is -2.85. The van der Waals surface area contributed by atoms with Gasteiger partial charge in [0.2, 0.25) is 0 Å². The van der Waals surface area contributed by atoms with Crippen LogP contribution in [0.25, 0.3) is 0 Å². The standard InChI is InChI=1S/C4H2N8O3/c13-3(1-5-9-10-6-1)15-4(14)2-7-11-12-8-2/h(H,5,6,9,10)(H,7,8,11,12). The summed E-state index contributed by atoms with van der Waals surface area (Å²) in [4.78, 5) is 22.2. The van der Waals surface area contributed by atoms with Crippen molar-refractivity contribution < 1.29 is 14.3 Å². The van der Waals surface area contributed by atoms with Crippen LogP contribution in [0, 0.1) is 0 Å². The number of aromatic amines is 2. The number of esters is 2. The molecule has 0 aliphatic carbocycles. The van der Waals surface area contributed by atoms with E-state index in [1.807, 2.05) is 10.4 Å². The smallest absolute Gasteiger partial charge is 0.381 e. The predicted octanol–water partition coefficient (Wildman–Crippen LogP) is -2.29. The Kier molecular flexibility index (Phi) is 2.11. The summed E-state index contributed by atoms with van der Waals surface area (Å²) in [7, 11) is 0. The second-order valence-corrected chi connectivity index (χ2v) is 2.15. The van der Waals surface area contributed by atoms with Crippen molar-refractivity contribution in [1.82, 2.24) is 41.2 Å². The van der Waals surface area contributed by atoms with Gasteiger partial charge in [-0.3, -0.25) is 0 Å². The van der Waals surface area contributed by atoms with Crippen LogP contribution in [0.15, 0.2) is 0 Å². The van der Waals surface area contributed by atoms with Crippen LogP contribution < -0.4 is 0 Å². The SMILES string of the molecule is O=C(OC(=O)c1nn[nH]n1)c1nn[nH]n1. The molecule has 2 aromatic rings. The summed E-state index contributed by atoms with van der Waals surface area (Å²) in [6.45, 7) is 0. The highest BCUT2D eigenvalue weighted by Gasteiger charge is 2.21. The second-order valence-electron chi connectivity index (χ2n) is 2.15. The first kappa shape index (κ1) is 8.86. The van der Waals surface area contributed by atoms with E-state index in [0.717, 1.165) is 0 Å². The van der Waals surface area contributed by atoms with Crippen LogP contribution >= 0.6 is 0 Å². The molecule has 0 saturated heterocycles. The van der Waals surface area contributed by atoms with Gasteiger partial charge in [-0.05, 0) is 10.4 Å². The van der Waals surface area contributed by atoms with Gasteiger partial charge < -0.3 is 4.74 Å². The van der Waals surface area contributed by atoms with Gasteiger partial charge in [-0.2, -0.15) is 10.4 Å². The number of hydrogen-bond donors (Lipinski definition) is 2. The van der Waals surface area contributed by atoms with Crippen LogP contribution in [0.4, 0.5) is 0 Å². The van der Waals surface area contributed by atoms with Crippen LogP contribution in [-0.4, -0.2) is 53.2 Å². The number of nitrogens with zero attached hydrogens (tertiary/aromatic N) is 6. The highest BCUT2D eigenvalue weighted by Crippen LogP contribution is 1.95. The topological polar surface area (TPSA) is 152 Å². The predicted molar refractivity (Wildman–Crippen MR) is 38.1 cm³/mol. The van der Waals surface area contributed by atoms with Gasteiger partial charge in [0.05, 0.1) is 0 Å². The molecule has 15 heavy (non-hydrogen) atoms. The average Bonchev–Trinajstić information content (AvgIpc) is 2.91. The largest absolute Gasteiger partial charge is 0.388 e. The minimum Gasteiger partial charge on any atom is -0.381 e. The van der Waals surface area contributed by atoms with Gasteiger partial charge in [0.25, 0.3) is 11.6 Å². The molecule has 2 aromatic heterocycles. The van der Waals surface area contributed by atoms with Gasteiger partial charge in [0.15, 0.2) is 0 Å². The molecule has 0 unspecified atom stereocenters. The lowest BCUT2D eigenvalue weighted by Gasteiger charge is -1.93. The molecular weight excluding hydrogens is 208 g/mol. The Hall–Kier alpha value is -2.72. The van der Waals surface area contributed by atoms with Crippen molar-refractivity contribution in [1.29, 1.82) is 0 Å². The molecule has 0 amide bonds. The van der Waals surface area contributed by atoms with Crippen LogP contribution in [0.5, 0.6) is 0 Å². The number of carbonyl (C=O) groups is 2. The van der Waals surface area contributed by atoms with E-state index in [1.165, 1.54) is 0 Å². The van der Waals surface area contributed by atoms with E-state index in [0.29, 0.717) is 0 Å². The van der Waals surface area contributed by atoms with E-state index < -0.39 is 11.9 Å². The van der Waals surface area contributed by atoms with Crippen LogP contribution in [0.2, 0.25) is 0 Å². The summed E-state index contributed by atoms with van der Waals surface area (Å²) in [6, 6.07) is 0. The van der Waals surface area contributed by atoms with E-state index in [9.17, 15) is 9.59 Å². The van der Waals surface area contributed by atoms with E-state index >= 15 is 0 Å². The minimum atomic E-state index is -1.06. The summed E-state index contributed by atoms with van der Waals surface area (Å²) in [6.07, 6.45) is 0. The summed E-state index contributed by atoms with van der Waals surface area (Å²) < 4.78 is 4.29. The third kappa shape index (κ3) is 1.79. The van der Waals surface area contributed by atoms with Crippen molar-refractivity contribution in [3.63, 3.8) is 0 Å². The normalized spacial score (nSPS) is 9.87. The highest BCUT2D eigenvalue weighted by atomic mass is 16.6. The molecule has 0 radical (unpaired) electrons. The van der Waals surface area contributed by atoms with Crippen molar-refractivity contribution in [3.8, 4) is 0 Å². The van der Waals surface area contributed by atoms with Gasteiger partial charge in [-0.25, -0.2) is 9.59 Å². The van der Waals surface area contributed by atoms with E-state index in [-0.39, 0.29) is 11.6 Å². The number of H-pyrrole nitrogens is 2. The molecule has 0 aliphatic rings. The fourth-order valence-corrected chi connectivity index (χ4v) is 0.672. The first-order valence-electron chi connectivity index (χ1n) is 3.51. The summed E-state index contributed by atoms with van der Waals surface area (Å²) in [5, 5.41) is 23.5. The van der Waals surface area contributed by atoms with Crippen LogP contribution in [-0.2, 0) is 4.74 Å². The van der Waals surface area contributed by atoms with Crippen molar-refractivity contribution in [2.45, 2.75) is 0 Å². The Labute approximate surface area is 80.2 Å². The molecule has 0 fully saturated rings. The monoisotopic (exact) mass is 210 g/mol. The molecular formula is C4H2N8O3. The second kappa shape index (κ2) is 3.57. The number of ether oxygens (including phenoxy) is 1. The zero-order valence-electron chi connectivity index (χ0n) is 6.91. The first-order valence-corrected chi connectivity index (χ1v) is 3.51. The average molecular weight is 210 g/mol. The van der Waals surface area contributed by atoms with Gasteiger partial charge >= 0.3 is 11.9 Å². The quantitative estimate of drug-likeness (QED) is 0.411. The van der Waals surface area contributed by atoms with E-state index in [1.54, 1.807) is 0 Å². The Morgan fingerprint density at radius 3 is 1.73 bits per heavy atom. The maximum absolute atomic E-state index is 11.1. The van der Waals surface area contributed by atoms with E-state index in [4.69, 9.17) is 0 Å². The number of nitrogens with one attached hydrogen (secondary N) is 2. The molecule has 2 heterocycles. The van der Waals surface area contributed by atoms with Gasteiger partial charge in [-0.1, -0.05) is 0 Å². The van der Waals surface area contributed by atoms with Crippen LogP contribution in [0.1, 0.15) is 21.2 Å². The summed E-state index contributed by atoms with van der Waals surface area (Å²) in [5.41, 5.74) is 0. The number of aromatic nitrogens is 8. The molecule has 2 rings (SSSR count). The van der Waals surface area contributed by atoms with Crippen molar-refractivity contribution in [3.05, 3.63) is 11.6 Å². The summed E-state index contributed by atoms with van der Waals surface area (Å²) >= 11 is 0. The van der Waals surface area contributed by atoms with Crippen molar-refractivity contribution in [2.75, 3.05) is 0 Å². The molecule has 0 atom stereocenters. The van der Waals surface area contributed by atoms with Gasteiger partial charge in [0.1, 0.15) is 0 Å². The molecule has 76 valence electrons. The number of tetrazole rings is 2. The minimum absolute atomic E-state index is 0.369. The van der Waals surface area contributed by atoms with E-state index in [2.05, 4.69) is 35.6 Å². The lowest BCUT2D eigenvalue weighted by atomic mass is 10.6. The first-order chi connectivity index (χ1) is 7.27. The molecule has 0 aromatic carbocycles. The van der Waals surface area contributed by atoms with Gasteiger partial charge in [0, 0.05) is 0 Å². The Bertz CT molecular complexity index is 416. The van der Waals surface area contributed by atoms with Crippen molar-refractivity contribution in [2.24, 2.45) is 0 Å². The fraction of sp³-hybridized carbons (Fsp3) is 0. The highest BCUT2D eigenvalue weighted by molar-refractivity contribution is 5.98. The fourth-order valence-electron chi connectivity index (χ4n) is 0.672. The molecule has 0 saturated carbocycles. The Balaban J connectivity index is 2.04. The van der Waals surface area contributed by atoms with Crippen LogP contribution in [0.3, 0.4) is 0 Å². The third-order valence-electron chi connectivity index (χ3n) is 1.24. The number of rotatable bonds is 2. The molecule has 0 aliphatic heterocycles. The lowest BCUT2D eigenvalue weighted by Crippen LogP contribution is -2.15. The molecule has 11 nitrogen and oxygen atoms in total. The maximum Gasteiger partial charge on any atom is 0.388 e. The molecule has 11 heteroatoms. The zero-order chi connectivity index (χ0) is 10.7. The Morgan fingerprint density at radius 2 is 1.40 bits per heavy atom.